The Kier molecular flexibility index (Phi) is 7.32. The molecule has 0 aliphatic carbocycles. The molecule has 0 bridgehead atoms. The standard InChI is InChI=1S/C22H26N4O3/c1-5-6-10-25(4)21(28)17-8-7-9-18(12-17)24-20(27)14-26-16(3)11-15(2)19(13-23)22(26)29/h7-9,11-12H,5-6,10,14H2,1-4H3,(H,24,27). The minimum absolute atomic E-state index is 0.0334. The number of benzene rings is 1. The van der Waals surface area contributed by atoms with Crippen LogP contribution in [0.1, 0.15) is 46.9 Å². The molecule has 0 saturated heterocycles. The molecule has 1 N–H and O–H groups in total. The van der Waals surface area contributed by atoms with Crippen LogP contribution < -0.4 is 10.9 Å². The Morgan fingerprint density at radius 1 is 1.24 bits per heavy atom. The van der Waals surface area contributed by atoms with E-state index in [0.29, 0.717) is 29.1 Å². The second-order valence-corrected chi connectivity index (χ2v) is 7.06. The second kappa shape index (κ2) is 9.69. The summed E-state index contributed by atoms with van der Waals surface area (Å²) >= 11 is 0. The summed E-state index contributed by atoms with van der Waals surface area (Å²) in [5.74, 6) is -0.523. The SMILES string of the molecule is CCCCN(C)C(=O)c1cccc(NC(=O)Cn2c(C)cc(C)c(C#N)c2=O)c1. The quantitative estimate of drug-likeness (QED) is 0.781. The highest BCUT2D eigenvalue weighted by Gasteiger charge is 2.15. The zero-order chi connectivity index (χ0) is 21.6. The number of carbonyl (C=O) groups excluding carboxylic acids is 2. The molecule has 7 nitrogen and oxygen atoms in total. The number of pyridine rings is 1. The minimum Gasteiger partial charge on any atom is -0.342 e. The maximum atomic E-state index is 12.5. The van der Waals surface area contributed by atoms with Crippen molar-refractivity contribution >= 4 is 17.5 Å². The van der Waals surface area contributed by atoms with Gasteiger partial charge in [0, 0.05) is 30.5 Å². The predicted molar refractivity (Wildman–Crippen MR) is 112 cm³/mol. The number of hydrogen-bond donors (Lipinski definition) is 1. The van der Waals surface area contributed by atoms with Crippen LogP contribution in [0.2, 0.25) is 0 Å². The molecule has 0 aliphatic rings. The number of aryl methyl sites for hydroxylation is 2. The Labute approximate surface area is 170 Å². The Morgan fingerprint density at radius 3 is 2.62 bits per heavy atom. The lowest BCUT2D eigenvalue weighted by Crippen LogP contribution is -2.31. The third kappa shape index (κ3) is 5.32. The molecule has 29 heavy (non-hydrogen) atoms. The highest BCUT2D eigenvalue weighted by atomic mass is 16.2. The number of aromatic nitrogens is 1. The molecule has 1 aromatic heterocycles. The number of nitriles is 1. The van der Waals surface area contributed by atoms with Gasteiger partial charge in [-0.15, -0.1) is 0 Å². The molecular formula is C22H26N4O3. The van der Waals surface area contributed by atoms with Gasteiger partial charge in [0.2, 0.25) is 5.91 Å². The van der Waals surface area contributed by atoms with Crippen LogP contribution in [-0.2, 0) is 11.3 Å². The molecule has 152 valence electrons. The van der Waals surface area contributed by atoms with Gasteiger partial charge < -0.3 is 14.8 Å². The van der Waals surface area contributed by atoms with Gasteiger partial charge >= 0.3 is 0 Å². The number of hydrogen-bond acceptors (Lipinski definition) is 4. The van der Waals surface area contributed by atoms with E-state index in [0.717, 1.165) is 12.8 Å². The summed E-state index contributed by atoms with van der Waals surface area (Å²) in [5, 5.41) is 11.9. The summed E-state index contributed by atoms with van der Waals surface area (Å²) < 4.78 is 1.27. The van der Waals surface area contributed by atoms with Crippen LogP contribution in [0.25, 0.3) is 0 Å². The minimum atomic E-state index is -0.485. The van der Waals surface area contributed by atoms with Crippen molar-refractivity contribution in [1.29, 1.82) is 5.26 Å². The van der Waals surface area contributed by atoms with Gasteiger partial charge in [-0.1, -0.05) is 19.4 Å². The lowest BCUT2D eigenvalue weighted by molar-refractivity contribution is -0.116. The first-order valence-corrected chi connectivity index (χ1v) is 9.55. The van der Waals surface area contributed by atoms with Crippen molar-refractivity contribution in [3.05, 3.63) is 63.1 Å². The van der Waals surface area contributed by atoms with Crippen LogP contribution in [0.5, 0.6) is 0 Å². The first-order valence-electron chi connectivity index (χ1n) is 9.55. The maximum Gasteiger partial charge on any atom is 0.269 e. The van der Waals surface area contributed by atoms with E-state index in [1.807, 2.05) is 6.07 Å². The number of anilines is 1. The van der Waals surface area contributed by atoms with E-state index in [2.05, 4.69) is 12.2 Å². The molecule has 1 aromatic carbocycles. The van der Waals surface area contributed by atoms with Gasteiger partial charge in [0.05, 0.1) is 0 Å². The lowest BCUT2D eigenvalue weighted by Gasteiger charge is -2.17. The van der Waals surface area contributed by atoms with Crippen molar-refractivity contribution in [3.8, 4) is 6.07 Å². The maximum absolute atomic E-state index is 12.5. The molecule has 0 radical (unpaired) electrons. The van der Waals surface area contributed by atoms with Crippen LogP contribution in [0.4, 0.5) is 5.69 Å². The number of nitrogens with zero attached hydrogens (tertiary/aromatic N) is 3. The summed E-state index contributed by atoms with van der Waals surface area (Å²) in [4.78, 5) is 39.1. The summed E-state index contributed by atoms with van der Waals surface area (Å²) in [6.07, 6.45) is 1.92. The van der Waals surface area contributed by atoms with Crippen molar-refractivity contribution < 1.29 is 9.59 Å². The molecule has 0 spiro atoms. The zero-order valence-electron chi connectivity index (χ0n) is 17.3. The predicted octanol–water partition coefficient (Wildman–Crippen LogP) is 2.85. The van der Waals surface area contributed by atoms with Gasteiger partial charge in [-0.3, -0.25) is 14.4 Å². The molecule has 0 unspecified atom stereocenters. The van der Waals surface area contributed by atoms with E-state index >= 15 is 0 Å². The first kappa shape index (κ1) is 21.9. The van der Waals surface area contributed by atoms with E-state index in [4.69, 9.17) is 5.26 Å². The van der Waals surface area contributed by atoms with Gasteiger partial charge in [0.15, 0.2) is 0 Å². The zero-order valence-corrected chi connectivity index (χ0v) is 17.3. The third-order valence-electron chi connectivity index (χ3n) is 4.71. The van der Waals surface area contributed by atoms with Gasteiger partial charge in [-0.2, -0.15) is 5.26 Å². The Balaban J connectivity index is 2.16. The molecule has 2 amide bonds. The summed E-state index contributed by atoms with van der Waals surface area (Å²) in [5.41, 5.74) is 1.70. The van der Waals surface area contributed by atoms with Crippen LogP contribution in [0.3, 0.4) is 0 Å². The molecule has 7 heteroatoms. The number of amides is 2. The topological polar surface area (TPSA) is 95.2 Å². The first-order chi connectivity index (χ1) is 13.8. The van der Waals surface area contributed by atoms with Crippen molar-refractivity contribution in [2.24, 2.45) is 0 Å². The number of rotatable bonds is 7. The highest BCUT2D eigenvalue weighted by molar-refractivity contribution is 5.97. The van der Waals surface area contributed by atoms with Crippen LogP contribution in [-0.4, -0.2) is 34.9 Å². The molecule has 0 atom stereocenters. The average Bonchev–Trinajstić information content (AvgIpc) is 2.69. The lowest BCUT2D eigenvalue weighted by atomic mass is 10.1. The second-order valence-electron chi connectivity index (χ2n) is 7.06. The Morgan fingerprint density at radius 2 is 1.97 bits per heavy atom. The van der Waals surface area contributed by atoms with Crippen LogP contribution in [0, 0.1) is 25.2 Å². The molecule has 2 aromatic rings. The highest BCUT2D eigenvalue weighted by Crippen LogP contribution is 2.13. The number of carbonyl (C=O) groups is 2. The summed E-state index contributed by atoms with van der Waals surface area (Å²) in [6, 6.07) is 10.3. The summed E-state index contributed by atoms with van der Waals surface area (Å²) in [7, 11) is 1.75. The van der Waals surface area contributed by atoms with Gasteiger partial charge in [-0.05, 0) is 50.1 Å². The van der Waals surface area contributed by atoms with E-state index < -0.39 is 11.5 Å². The Bertz CT molecular complexity index is 1020. The van der Waals surface area contributed by atoms with Crippen molar-refractivity contribution in [2.45, 2.75) is 40.2 Å². The normalized spacial score (nSPS) is 10.3. The van der Waals surface area contributed by atoms with Gasteiger partial charge in [0.1, 0.15) is 18.2 Å². The van der Waals surface area contributed by atoms with Gasteiger partial charge in [0.25, 0.3) is 11.5 Å². The fraction of sp³-hybridized carbons (Fsp3) is 0.364. The third-order valence-corrected chi connectivity index (χ3v) is 4.71. The fourth-order valence-corrected chi connectivity index (χ4v) is 3.05. The van der Waals surface area contributed by atoms with E-state index in [-0.39, 0.29) is 18.0 Å². The molecule has 0 saturated carbocycles. The number of nitrogens with one attached hydrogen (secondary N) is 1. The Hall–Kier alpha value is -3.40. The largest absolute Gasteiger partial charge is 0.342 e. The van der Waals surface area contributed by atoms with Crippen LogP contribution >= 0.6 is 0 Å². The molecule has 2 rings (SSSR count). The molecule has 0 fully saturated rings. The van der Waals surface area contributed by atoms with E-state index in [1.54, 1.807) is 56.1 Å². The van der Waals surface area contributed by atoms with Crippen molar-refractivity contribution in [3.63, 3.8) is 0 Å². The smallest absolute Gasteiger partial charge is 0.269 e. The molecule has 1 heterocycles. The number of unbranched alkanes of at least 4 members (excludes halogenated alkanes) is 1. The molecule has 0 aliphatic heterocycles. The summed E-state index contributed by atoms with van der Waals surface area (Å²) in [6.45, 7) is 5.93. The van der Waals surface area contributed by atoms with Crippen molar-refractivity contribution in [1.82, 2.24) is 9.47 Å². The molecular weight excluding hydrogens is 368 g/mol. The van der Waals surface area contributed by atoms with Gasteiger partial charge in [-0.25, -0.2) is 0 Å². The fourth-order valence-electron chi connectivity index (χ4n) is 3.05. The van der Waals surface area contributed by atoms with Crippen LogP contribution in [0.15, 0.2) is 35.1 Å². The van der Waals surface area contributed by atoms with E-state index in [1.165, 1.54) is 4.57 Å². The monoisotopic (exact) mass is 394 g/mol. The van der Waals surface area contributed by atoms with Crippen molar-refractivity contribution in [2.75, 3.05) is 18.9 Å². The average molecular weight is 394 g/mol. The van der Waals surface area contributed by atoms with E-state index in [9.17, 15) is 14.4 Å².